The number of nitrogens with one attached hydrogen (secondary N) is 2. The van der Waals surface area contributed by atoms with Gasteiger partial charge in [-0.3, -0.25) is 14.4 Å². The Kier molecular flexibility index (Phi) is 6.20. The van der Waals surface area contributed by atoms with Crippen LogP contribution in [0.1, 0.15) is 13.3 Å². The highest BCUT2D eigenvalue weighted by atomic mass is 32.2. The lowest BCUT2D eigenvalue weighted by molar-refractivity contribution is -0.153. The van der Waals surface area contributed by atoms with Gasteiger partial charge in [0, 0.05) is 16.6 Å². The molecule has 3 rings (SSSR count). The summed E-state index contributed by atoms with van der Waals surface area (Å²) in [5.41, 5.74) is 1.26. The number of esters is 1. The molecule has 8 heteroatoms. The lowest BCUT2D eigenvalue weighted by Crippen LogP contribution is -2.34. The van der Waals surface area contributed by atoms with E-state index in [-0.39, 0.29) is 12.3 Å². The van der Waals surface area contributed by atoms with Gasteiger partial charge in [-0.25, -0.2) is 0 Å². The van der Waals surface area contributed by atoms with Crippen molar-refractivity contribution < 1.29 is 23.9 Å². The van der Waals surface area contributed by atoms with Gasteiger partial charge in [-0.1, -0.05) is 18.2 Å². The fourth-order valence-corrected chi connectivity index (χ4v) is 3.72. The van der Waals surface area contributed by atoms with Gasteiger partial charge in [-0.05, 0) is 31.2 Å². The number of carbonyl (C=O) groups is 3. The first-order chi connectivity index (χ1) is 13.5. The largest absolute Gasteiger partial charge is 0.497 e. The first-order valence-corrected chi connectivity index (χ1v) is 9.55. The SMILES string of the molecule is COc1cccc(NC(=O)[C@@H](C)OC(=O)C[C@H]2Sc3ccccc3NC2=O)c1. The molecule has 0 saturated carbocycles. The molecule has 0 radical (unpaired) electrons. The molecule has 0 unspecified atom stereocenters. The Morgan fingerprint density at radius 1 is 1.21 bits per heavy atom. The molecule has 0 bridgehead atoms. The maximum Gasteiger partial charge on any atom is 0.308 e. The third kappa shape index (κ3) is 4.83. The highest BCUT2D eigenvalue weighted by Crippen LogP contribution is 2.36. The summed E-state index contributed by atoms with van der Waals surface area (Å²) >= 11 is 1.31. The van der Waals surface area contributed by atoms with Gasteiger partial charge in [0.05, 0.1) is 24.5 Å². The van der Waals surface area contributed by atoms with Crippen LogP contribution in [-0.4, -0.2) is 36.2 Å². The monoisotopic (exact) mass is 400 g/mol. The predicted octanol–water partition coefficient (Wildman–Crippen LogP) is 3.07. The summed E-state index contributed by atoms with van der Waals surface area (Å²) in [5, 5.41) is 4.84. The zero-order chi connectivity index (χ0) is 20.1. The normalized spacial score (nSPS) is 16.4. The van der Waals surface area contributed by atoms with Crippen LogP contribution in [0.25, 0.3) is 0 Å². The van der Waals surface area contributed by atoms with Gasteiger partial charge in [-0.15, -0.1) is 11.8 Å². The van der Waals surface area contributed by atoms with E-state index in [9.17, 15) is 14.4 Å². The van der Waals surface area contributed by atoms with Crippen molar-refractivity contribution in [2.75, 3.05) is 17.7 Å². The van der Waals surface area contributed by atoms with Crippen LogP contribution in [0.3, 0.4) is 0 Å². The summed E-state index contributed by atoms with van der Waals surface area (Å²) in [6, 6.07) is 14.2. The fraction of sp³-hybridized carbons (Fsp3) is 0.250. The van der Waals surface area contributed by atoms with E-state index in [4.69, 9.17) is 9.47 Å². The third-order valence-electron chi connectivity index (χ3n) is 4.07. The Morgan fingerprint density at radius 2 is 2.00 bits per heavy atom. The molecule has 2 atom stereocenters. The summed E-state index contributed by atoms with van der Waals surface area (Å²) in [5.74, 6) is -0.731. The van der Waals surface area contributed by atoms with E-state index in [0.717, 1.165) is 10.6 Å². The first kappa shape index (κ1) is 19.8. The molecule has 2 N–H and O–H groups in total. The summed E-state index contributed by atoms with van der Waals surface area (Å²) in [7, 11) is 1.53. The lowest BCUT2D eigenvalue weighted by atomic mass is 10.2. The number of methoxy groups -OCH3 is 1. The Labute approximate surface area is 166 Å². The minimum absolute atomic E-state index is 0.123. The number of carbonyl (C=O) groups excluding carboxylic acids is 3. The van der Waals surface area contributed by atoms with Crippen molar-refractivity contribution in [3.63, 3.8) is 0 Å². The topological polar surface area (TPSA) is 93.7 Å². The molecule has 2 amide bonds. The van der Waals surface area contributed by atoms with Crippen LogP contribution in [-0.2, 0) is 19.1 Å². The number of anilines is 2. The summed E-state index contributed by atoms with van der Waals surface area (Å²) in [6.45, 7) is 1.48. The molecule has 0 fully saturated rings. The first-order valence-electron chi connectivity index (χ1n) is 8.67. The number of benzene rings is 2. The van der Waals surface area contributed by atoms with E-state index < -0.39 is 23.2 Å². The molecule has 0 saturated heterocycles. The van der Waals surface area contributed by atoms with Gasteiger partial charge >= 0.3 is 5.97 Å². The number of hydrogen-bond donors (Lipinski definition) is 2. The van der Waals surface area contributed by atoms with Crippen molar-refractivity contribution in [3.8, 4) is 5.75 Å². The van der Waals surface area contributed by atoms with Crippen LogP contribution in [0.15, 0.2) is 53.4 Å². The van der Waals surface area contributed by atoms with Crippen molar-refractivity contribution in [1.82, 2.24) is 0 Å². The molecule has 0 aliphatic carbocycles. The van der Waals surface area contributed by atoms with Crippen molar-refractivity contribution in [2.24, 2.45) is 0 Å². The van der Waals surface area contributed by atoms with Crippen LogP contribution in [0.4, 0.5) is 11.4 Å². The van der Waals surface area contributed by atoms with E-state index in [0.29, 0.717) is 11.4 Å². The molecule has 2 aromatic rings. The van der Waals surface area contributed by atoms with Crippen molar-refractivity contribution in [3.05, 3.63) is 48.5 Å². The second-order valence-electron chi connectivity index (χ2n) is 6.15. The second-order valence-corrected chi connectivity index (χ2v) is 7.39. The van der Waals surface area contributed by atoms with E-state index >= 15 is 0 Å². The van der Waals surface area contributed by atoms with Gasteiger partial charge in [-0.2, -0.15) is 0 Å². The Hall–Kier alpha value is -3.00. The van der Waals surface area contributed by atoms with E-state index in [2.05, 4.69) is 10.6 Å². The van der Waals surface area contributed by atoms with Crippen LogP contribution in [0, 0.1) is 0 Å². The van der Waals surface area contributed by atoms with Gasteiger partial charge in [0.1, 0.15) is 5.75 Å². The molecule has 7 nitrogen and oxygen atoms in total. The standard InChI is InChI=1S/C20H20N2O5S/c1-12(19(24)21-13-6-5-7-14(10-13)26-2)27-18(23)11-17-20(25)22-15-8-3-4-9-16(15)28-17/h3-10,12,17H,11H2,1-2H3,(H,21,24)(H,22,25)/t12-,17-/m1/s1. The van der Waals surface area contributed by atoms with E-state index in [1.165, 1.54) is 25.8 Å². The average Bonchev–Trinajstić information content (AvgIpc) is 2.68. The lowest BCUT2D eigenvalue weighted by Gasteiger charge is -2.23. The van der Waals surface area contributed by atoms with Gasteiger partial charge in [0.15, 0.2) is 6.10 Å². The smallest absolute Gasteiger partial charge is 0.308 e. The van der Waals surface area contributed by atoms with Crippen LogP contribution in [0.5, 0.6) is 5.75 Å². The van der Waals surface area contributed by atoms with Crippen molar-refractivity contribution >= 4 is 40.9 Å². The molecular formula is C20H20N2O5S. The van der Waals surface area contributed by atoms with Crippen LogP contribution < -0.4 is 15.4 Å². The maximum atomic E-state index is 12.3. The number of rotatable bonds is 6. The quantitative estimate of drug-likeness (QED) is 0.724. The second kappa shape index (κ2) is 8.79. The Bertz CT molecular complexity index is 902. The molecule has 0 aromatic heterocycles. The third-order valence-corrected chi connectivity index (χ3v) is 5.35. The number of ether oxygens (including phenoxy) is 2. The highest BCUT2D eigenvalue weighted by Gasteiger charge is 2.30. The minimum Gasteiger partial charge on any atom is -0.497 e. The number of hydrogen-bond acceptors (Lipinski definition) is 6. The minimum atomic E-state index is -0.998. The zero-order valence-corrected chi connectivity index (χ0v) is 16.2. The molecule has 0 spiro atoms. The van der Waals surface area contributed by atoms with Crippen molar-refractivity contribution in [2.45, 2.75) is 29.6 Å². The van der Waals surface area contributed by atoms with Crippen LogP contribution >= 0.6 is 11.8 Å². The van der Waals surface area contributed by atoms with Gasteiger partial charge in [0.2, 0.25) is 5.91 Å². The Balaban J connectivity index is 1.54. The molecular weight excluding hydrogens is 380 g/mol. The van der Waals surface area contributed by atoms with Crippen molar-refractivity contribution in [1.29, 1.82) is 0 Å². The number of para-hydroxylation sites is 1. The number of thioether (sulfide) groups is 1. The average molecular weight is 400 g/mol. The maximum absolute atomic E-state index is 12.3. The van der Waals surface area contributed by atoms with E-state index in [1.807, 2.05) is 18.2 Å². The molecule has 146 valence electrons. The Morgan fingerprint density at radius 3 is 2.79 bits per heavy atom. The zero-order valence-electron chi connectivity index (χ0n) is 15.4. The molecule has 2 aromatic carbocycles. The molecule has 28 heavy (non-hydrogen) atoms. The molecule has 1 aliphatic heterocycles. The van der Waals surface area contributed by atoms with E-state index in [1.54, 1.807) is 30.3 Å². The molecule has 1 aliphatic rings. The van der Waals surface area contributed by atoms with Gasteiger partial charge < -0.3 is 20.1 Å². The number of amides is 2. The summed E-state index contributed by atoms with van der Waals surface area (Å²) in [4.78, 5) is 37.6. The number of fused-ring (bicyclic) bond motifs is 1. The predicted molar refractivity (Wildman–Crippen MR) is 107 cm³/mol. The van der Waals surface area contributed by atoms with Crippen LogP contribution in [0.2, 0.25) is 0 Å². The summed E-state index contributed by atoms with van der Waals surface area (Å²) < 4.78 is 10.3. The van der Waals surface area contributed by atoms with Gasteiger partial charge in [0.25, 0.3) is 5.91 Å². The summed E-state index contributed by atoms with van der Waals surface area (Å²) in [6.07, 6.45) is -1.12. The highest BCUT2D eigenvalue weighted by molar-refractivity contribution is 8.01. The molecule has 1 heterocycles. The fourth-order valence-electron chi connectivity index (χ4n) is 2.62.